The van der Waals surface area contributed by atoms with E-state index in [1.54, 1.807) is 12.1 Å². The van der Waals surface area contributed by atoms with Crippen LogP contribution in [0.15, 0.2) is 36.8 Å². The summed E-state index contributed by atoms with van der Waals surface area (Å²) in [4.78, 5) is 57.4. The second-order valence-corrected chi connectivity index (χ2v) is 8.99. The number of aromatic hydroxyl groups is 1. The zero-order chi connectivity index (χ0) is 26.9. The van der Waals surface area contributed by atoms with Crippen molar-refractivity contribution in [2.75, 3.05) is 6.54 Å². The van der Waals surface area contributed by atoms with E-state index in [4.69, 9.17) is 0 Å². The number of H-pyrrole nitrogens is 1. The molecule has 0 saturated carbocycles. The van der Waals surface area contributed by atoms with Gasteiger partial charge in [0.05, 0.1) is 18.5 Å². The molecule has 1 saturated heterocycles. The standard InChI is InChI=1S/C24H32N6O7/c1-13(31)20(24(36)37)30-23(35)19(10-15-11-25-12-27-15)29-22(34)18(9-14-4-6-16(32)7-5-14)28-21(33)17-3-2-8-26-17/h4-7,11-13,17-20,26,31-32H,2-3,8-10H2,1H3,(H,25,27)(H,28,33)(H,29,34)(H,30,35)(H,36,37). The highest BCUT2D eigenvalue weighted by molar-refractivity contribution is 5.94. The summed E-state index contributed by atoms with van der Waals surface area (Å²) in [7, 11) is 0. The Kier molecular flexibility index (Phi) is 9.57. The van der Waals surface area contributed by atoms with E-state index in [0.29, 0.717) is 24.2 Å². The van der Waals surface area contributed by atoms with Crippen LogP contribution < -0.4 is 21.3 Å². The Labute approximate surface area is 213 Å². The van der Waals surface area contributed by atoms with Gasteiger partial charge in [-0.05, 0) is 44.0 Å². The molecule has 13 heteroatoms. The number of carboxylic acid groups (broad SMARTS) is 1. The van der Waals surface area contributed by atoms with Crippen LogP contribution in [0.5, 0.6) is 5.75 Å². The minimum Gasteiger partial charge on any atom is -0.508 e. The highest BCUT2D eigenvalue weighted by atomic mass is 16.4. The molecule has 1 aromatic carbocycles. The van der Waals surface area contributed by atoms with Gasteiger partial charge in [-0.3, -0.25) is 14.4 Å². The summed E-state index contributed by atoms with van der Waals surface area (Å²) in [6.07, 6.45) is 2.95. The van der Waals surface area contributed by atoms with Gasteiger partial charge in [-0.15, -0.1) is 0 Å². The molecule has 3 rings (SSSR count). The van der Waals surface area contributed by atoms with E-state index < -0.39 is 48.1 Å². The highest BCUT2D eigenvalue weighted by Gasteiger charge is 2.33. The molecule has 37 heavy (non-hydrogen) atoms. The summed E-state index contributed by atoms with van der Waals surface area (Å²) >= 11 is 0. The van der Waals surface area contributed by atoms with Crippen LogP contribution in [-0.2, 0) is 32.0 Å². The first kappa shape index (κ1) is 27.6. The van der Waals surface area contributed by atoms with Crippen LogP contribution in [-0.4, -0.2) is 85.8 Å². The molecule has 200 valence electrons. The van der Waals surface area contributed by atoms with Crippen molar-refractivity contribution in [3.8, 4) is 5.75 Å². The van der Waals surface area contributed by atoms with E-state index in [-0.39, 0.29) is 24.5 Å². The first-order valence-corrected chi connectivity index (χ1v) is 11.9. The number of carboxylic acids is 1. The molecule has 5 atom stereocenters. The van der Waals surface area contributed by atoms with Crippen LogP contribution in [0.1, 0.15) is 31.0 Å². The van der Waals surface area contributed by atoms with Crippen LogP contribution in [0.25, 0.3) is 0 Å². The number of phenolic OH excluding ortho intramolecular Hbond substituents is 1. The molecule has 1 aliphatic heterocycles. The Bertz CT molecular complexity index is 1070. The monoisotopic (exact) mass is 516 g/mol. The van der Waals surface area contributed by atoms with Crippen LogP contribution in [0, 0.1) is 0 Å². The normalized spacial score (nSPS) is 18.3. The molecule has 1 fully saturated rings. The molecule has 2 heterocycles. The Balaban J connectivity index is 1.80. The van der Waals surface area contributed by atoms with Crippen LogP contribution in [0.3, 0.4) is 0 Å². The number of benzene rings is 1. The molecule has 0 radical (unpaired) electrons. The van der Waals surface area contributed by atoms with Crippen LogP contribution in [0.2, 0.25) is 0 Å². The van der Waals surface area contributed by atoms with Crippen molar-refractivity contribution >= 4 is 23.7 Å². The number of carbonyl (C=O) groups excluding carboxylic acids is 3. The van der Waals surface area contributed by atoms with Crippen LogP contribution in [0.4, 0.5) is 0 Å². The molecule has 13 nitrogen and oxygen atoms in total. The quantitative estimate of drug-likeness (QED) is 0.166. The van der Waals surface area contributed by atoms with Crippen molar-refractivity contribution in [3.63, 3.8) is 0 Å². The Hall–Kier alpha value is -3.97. The Morgan fingerprint density at radius 3 is 2.30 bits per heavy atom. The zero-order valence-electron chi connectivity index (χ0n) is 20.3. The fourth-order valence-corrected chi connectivity index (χ4v) is 4.00. The summed E-state index contributed by atoms with van der Waals surface area (Å²) in [5.74, 6) is -3.24. The largest absolute Gasteiger partial charge is 0.508 e. The van der Waals surface area contributed by atoms with Gasteiger partial charge >= 0.3 is 5.97 Å². The maximum atomic E-state index is 13.4. The van der Waals surface area contributed by atoms with E-state index in [9.17, 15) is 34.5 Å². The van der Waals surface area contributed by atoms with Gasteiger partial charge in [0, 0.05) is 24.7 Å². The maximum Gasteiger partial charge on any atom is 0.328 e. The molecular weight excluding hydrogens is 484 g/mol. The lowest BCUT2D eigenvalue weighted by atomic mass is 10.0. The number of amides is 3. The van der Waals surface area contributed by atoms with Crippen LogP contribution >= 0.6 is 0 Å². The second kappa shape index (κ2) is 12.8. The predicted octanol–water partition coefficient (Wildman–Crippen LogP) is -1.43. The number of aromatic amines is 1. The fourth-order valence-electron chi connectivity index (χ4n) is 4.00. The minimum atomic E-state index is -1.59. The van der Waals surface area contributed by atoms with E-state index in [0.717, 1.165) is 6.42 Å². The smallest absolute Gasteiger partial charge is 0.328 e. The van der Waals surface area contributed by atoms with Gasteiger partial charge in [0.15, 0.2) is 6.04 Å². The van der Waals surface area contributed by atoms with Gasteiger partial charge in [0.25, 0.3) is 0 Å². The van der Waals surface area contributed by atoms with Crippen molar-refractivity contribution < 1.29 is 34.5 Å². The number of hydrogen-bond donors (Lipinski definition) is 8. The molecular formula is C24H32N6O7. The molecule has 0 bridgehead atoms. The van der Waals surface area contributed by atoms with Gasteiger partial charge in [-0.25, -0.2) is 9.78 Å². The predicted molar refractivity (Wildman–Crippen MR) is 130 cm³/mol. The number of aliphatic hydroxyl groups is 1. The number of phenols is 1. The fraction of sp³-hybridized carbons (Fsp3) is 0.458. The number of aliphatic carboxylic acids is 1. The van der Waals surface area contributed by atoms with E-state index in [2.05, 4.69) is 31.2 Å². The molecule has 3 amide bonds. The average molecular weight is 517 g/mol. The lowest BCUT2D eigenvalue weighted by Gasteiger charge is -2.25. The number of nitrogens with one attached hydrogen (secondary N) is 5. The summed E-state index contributed by atoms with van der Waals surface area (Å²) in [5, 5.41) is 39.3. The molecule has 8 N–H and O–H groups in total. The zero-order valence-corrected chi connectivity index (χ0v) is 20.3. The third-order valence-corrected chi connectivity index (χ3v) is 6.04. The third kappa shape index (κ3) is 8.02. The summed E-state index contributed by atoms with van der Waals surface area (Å²) in [6.45, 7) is 1.91. The number of imidazole rings is 1. The molecule has 5 unspecified atom stereocenters. The lowest BCUT2D eigenvalue weighted by molar-refractivity contribution is -0.145. The first-order valence-electron chi connectivity index (χ1n) is 11.9. The van der Waals surface area contributed by atoms with Gasteiger partial charge in [-0.1, -0.05) is 12.1 Å². The van der Waals surface area contributed by atoms with Crippen molar-refractivity contribution in [2.24, 2.45) is 0 Å². The van der Waals surface area contributed by atoms with Crippen molar-refractivity contribution in [1.29, 1.82) is 0 Å². The second-order valence-electron chi connectivity index (χ2n) is 8.99. The van der Waals surface area contributed by atoms with Gasteiger partial charge in [0.1, 0.15) is 17.8 Å². The summed E-state index contributed by atoms with van der Waals surface area (Å²) in [5.41, 5.74) is 1.16. The van der Waals surface area contributed by atoms with E-state index in [1.165, 1.54) is 31.6 Å². The molecule has 0 spiro atoms. The molecule has 1 aliphatic rings. The highest BCUT2D eigenvalue weighted by Crippen LogP contribution is 2.13. The van der Waals surface area contributed by atoms with Crippen molar-refractivity contribution in [1.82, 2.24) is 31.2 Å². The minimum absolute atomic E-state index is 0.0475. The lowest BCUT2D eigenvalue weighted by Crippen LogP contribution is -2.59. The number of nitrogens with zero attached hydrogens (tertiary/aromatic N) is 1. The molecule has 0 aliphatic carbocycles. The van der Waals surface area contributed by atoms with Crippen molar-refractivity contribution in [2.45, 2.75) is 62.9 Å². The van der Waals surface area contributed by atoms with E-state index in [1.807, 2.05) is 0 Å². The summed E-state index contributed by atoms with van der Waals surface area (Å²) in [6, 6.07) is 1.81. The number of aromatic nitrogens is 2. The topological polar surface area (TPSA) is 206 Å². The van der Waals surface area contributed by atoms with Gasteiger partial charge < -0.3 is 41.6 Å². The number of aliphatic hydroxyl groups excluding tert-OH is 1. The molecule has 1 aromatic heterocycles. The number of rotatable bonds is 12. The average Bonchev–Trinajstić information content (AvgIpc) is 3.57. The Morgan fingerprint density at radius 1 is 1.05 bits per heavy atom. The van der Waals surface area contributed by atoms with Gasteiger partial charge in [0.2, 0.25) is 17.7 Å². The van der Waals surface area contributed by atoms with Crippen molar-refractivity contribution in [3.05, 3.63) is 48.0 Å². The van der Waals surface area contributed by atoms with E-state index >= 15 is 0 Å². The number of hydrogen-bond acceptors (Lipinski definition) is 8. The third-order valence-electron chi connectivity index (χ3n) is 6.04. The molecule has 2 aromatic rings. The maximum absolute atomic E-state index is 13.4. The summed E-state index contributed by atoms with van der Waals surface area (Å²) < 4.78 is 0. The first-order chi connectivity index (χ1) is 17.6. The Morgan fingerprint density at radius 2 is 1.73 bits per heavy atom. The van der Waals surface area contributed by atoms with Gasteiger partial charge in [-0.2, -0.15) is 0 Å². The number of carbonyl (C=O) groups is 4. The SMILES string of the molecule is CC(O)C(NC(=O)C(Cc1cnc[nH]1)NC(=O)C(Cc1ccc(O)cc1)NC(=O)C1CCCN1)C(=O)O.